The van der Waals surface area contributed by atoms with E-state index in [0.717, 1.165) is 17.6 Å². The molecule has 0 fully saturated rings. The van der Waals surface area contributed by atoms with Crippen molar-refractivity contribution < 1.29 is 4.79 Å². The van der Waals surface area contributed by atoms with E-state index in [-0.39, 0.29) is 5.78 Å². The molecular formula is C11H6I2OS. The second-order valence-electron chi connectivity index (χ2n) is 2.93. The zero-order valence-corrected chi connectivity index (χ0v) is 12.7. The SMILES string of the molecule is O=C(c1ccc(I)cc1)c1sccc1I. The molecule has 2 aromatic rings. The molecule has 1 heterocycles. The van der Waals surface area contributed by atoms with Crippen molar-refractivity contribution in [2.75, 3.05) is 0 Å². The Morgan fingerprint density at radius 3 is 2.27 bits per heavy atom. The van der Waals surface area contributed by atoms with Crippen molar-refractivity contribution in [2.45, 2.75) is 0 Å². The third-order valence-corrected chi connectivity index (χ3v) is 4.83. The topological polar surface area (TPSA) is 17.1 Å². The minimum absolute atomic E-state index is 0.116. The van der Waals surface area contributed by atoms with Gasteiger partial charge in [-0.05, 0) is 80.9 Å². The first-order valence-corrected chi connectivity index (χ1v) is 7.25. The minimum atomic E-state index is 0.116. The molecule has 0 radical (unpaired) electrons. The van der Waals surface area contributed by atoms with Gasteiger partial charge < -0.3 is 0 Å². The van der Waals surface area contributed by atoms with Gasteiger partial charge in [-0.25, -0.2) is 0 Å². The molecule has 1 nitrogen and oxygen atoms in total. The van der Waals surface area contributed by atoms with Crippen molar-refractivity contribution in [1.82, 2.24) is 0 Å². The van der Waals surface area contributed by atoms with Crippen LogP contribution in [0.3, 0.4) is 0 Å². The van der Waals surface area contributed by atoms with Crippen LogP contribution in [0.2, 0.25) is 0 Å². The molecule has 0 spiro atoms. The highest BCUT2D eigenvalue weighted by Crippen LogP contribution is 2.22. The van der Waals surface area contributed by atoms with Gasteiger partial charge in [-0.1, -0.05) is 0 Å². The Morgan fingerprint density at radius 2 is 1.73 bits per heavy atom. The van der Waals surface area contributed by atoms with E-state index in [1.165, 1.54) is 11.3 Å². The number of carbonyl (C=O) groups excluding carboxylic acids is 1. The standard InChI is InChI=1S/C11H6I2OS/c12-8-3-1-7(2-4-8)10(14)11-9(13)5-6-15-11/h1-6H. The quantitative estimate of drug-likeness (QED) is 0.506. The van der Waals surface area contributed by atoms with E-state index in [9.17, 15) is 4.79 Å². The molecule has 1 aromatic heterocycles. The van der Waals surface area contributed by atoms with E-state index in [0.29, 0.717) is 0 Å². The van der Waals surface area contributed by atoms with Gasteiger partial charge in [0, 0.05) is 12.7 Å². The van der Waals surface area contributed by atoms with Crippen LogP contribution in [0.5, 0.6) is 0 Å². The summed E-state index contributed by atoms with van der Waals surface area (Å²) in [5.74, 6) is 0.116. The molecule has 1 aromatic carbocycles. The summed E-state index contributed by atoms with van der Waals surface area (Å²) in [6.45, 7) is 0. The van der Waals surface area contributed by atoms with Crippen molar-refractivity contribution in [3.8, 4) is 0 Å². The zero-order chi connectivity index (χ0) is 10.8. The fourth-order valence-electron chi connectivity index (χ4n) is 1.19. The van der Waals surface area contributed by atoms with Crippen molar-refractivity contribution in [3.05, 3.63) is 53.3 Å². The third kappa shape index (κ3) is 2.59. The van der Waals surface area contributed by atoms with Crippen molar-refractivity contribution >= 4 is 62.3 Å². The molecule has 0 saturated carbocycles. The normalized spacial score (nSPS) is 10.3. The first-order valence-electron chi connectivity index (χ1n) is 4.22. The molecule has 4 heteroatoms. The van der Waals surface area contributed by atoms with Crippen LogP contribution in [0.4, 0.5) is 0 Å². The summed E-state index contributed by atoms with van der Waals surface area (Å²) in [6.07, 6.45) is 0. The predicted octanol–water partition coefficient (Wildman–Crippen LogP) is 4.19. The maximum atomic E-state index is 12.0. The van der Waals surface area contributed by atoms with E-state index in [2.05, 4.69) is 45.2 Å². The molecule has 0 unspecified atom stereocenters. The summed E-state index contributed by atoms with van der Waals surface area (Å²) >= 11 is 5.92. The summed E-state index contributed by atoms with van der Waals surface area (Å²) in [7, 11) is 0. The van der Waals surface area contributed by atoms with Gasteiger partial charge in [0.2, 0.25) is 5.78 Å². The number of thiophene rings is 1. The largest absolute Gasteiger partial charge is 0.288 e. The molecule has 0 aliphatic heterocycles. The monoisotopic (exact) mass is 440 g/mol. The summed E-state index contributed by atoms with van der Waals surface area (Å²) in [6, 6.07) is 9.62. The predicted molar refractivity (Wildman–Crippen MR) is 79.6 cm³/mol. The lowest BCUT2D eigenvalue weighted by Crippen LogP contribution is -1.99. The summed E-state index contributed by atoms with van der Waals surface area (Å²) in [5.41, 5.74) is 0.760. The van der Waals surface area contributed by atoms with Crippen LogP contribution in [-0.2, 0) is 0 Å². The Morgan fingerprint density at radius 1 is 1.07 bits per heavy atom. The second kappa shape index (κ2) is 4.92. The van der Waals surface area contributed by atoms with Crippen LogP contribution in [-0.4, -0.2) is 5.78 Å². The summed E-state index contributed by atoms with van der Waals surface area (Å²) in [4.78, 5) is 12.9. The Bertz CT molecular complexity index is 488. The maximum Gasteiger partial charge on any atom is 0.204 e. The van der Waals surface area contributed by atoms with Gasteiger partial charge in [0.15, 0.2) is 0 Å². The number of rotatable bonds is 2. The third-order valence-electron chi connectivity index (χ3n) is 1.93. The average molecular weight is 440 g/mol. The van der Waals surface area contributed by atoms with Gasteiger partial charge in [-0.2, -0.15) is 0 Å². The number of halogens is 2. The fourth-order valence-corrected chi connectivity index (χ4v) is 3.34. The van der Waals surface area contributed by atoms with Gasteiger partial charge in [0.1, 0.15) is 0 Å². The minimum Gasteiger partial charge on any atom is -0.288 e. The Kier molecular flexibility index (Phi) is 3.78. The number of carbonyl (C=O) groups is 1. The van der Waals surface area contributed by atoms with Crippen LogP contribution >= 0.6 is 56.5 Å². The van der Waals surface area contributed by atoms with Crippen molar-refractivity contribution in [2.24, 2.45) is 0 Å². The van der Waals surface area contributed by atoms with E-state index in [1.54, 1.807) is 0 Å². The molecule has 0 atom stereocenters. The van der Waals surface area contributed by atoms with Gasteiger partial charge in [-0.3, -0.25) is 4.79 Å². The lowest BCUT2D eigenvalue weighted by molar-refractivity contribution is 0.104. The summed E-state index contributed by atoms with van der Waals surface area (Å²) < 4.78 is 2.17. The van der Waals surface area contributed by atoms with Crippen molar-refractivity contribution in [3.63, 3.8) is 0 Å². The van der Waals surface area contributed by atoms with Crippen LogP contribution in [0.15, 0.2) is 35.7 Å². The zero-order valence-electron chi connectivity index (χ0n) is 7.54. The van der Waals surface area contributed by atoms with E-state index in [4.69, 9.17) is 0 Å². The number of hydrogen-bond donors (Lipinski definition) is 0. The van der Waals surface area contributed by atoms with Crippen LogP contribution in [0.1, 0.15) is 15.2 Å². The molecule has 0 N–H and O–H groups in total. The number of hydrogen-bond acceptors (Lipinski definition) is 2. The van der Waals surface area contributed by atoms with Crippen LogP contribution < -0.4 is 0 Å². The van der Waals surface area contributed by atoms with E-state index in [1.807, 2.05) is 35.7 Å². The van der Waals surface area contributed by atoms with Gasteiger partial charge in [0.05, 0.1) is 4.88 Å². The molecule has 0 saturated heterocycles. The van der Waals surface area contributed by atoms with Gasteiger partial charge in [-0.15, -0.1) is 11.3 Å². The Labute approximate surface area is 119 Å². The van der Waals surface area contributed by atoms with Crippen LogP contribution in [0.25, 0.3) is 0 Å². The average Bonchev–Trinajstić information content (AvgIpc) is 2.65. The first-order chi connectivity index (χ1) is 7.18. The molecule has 15 heavy (non-hydrogen) atoms. The number of ketones is 1. The second-order valence-corrected chi connectivity index (χ2v) is 6.26. The molecule has 0 aliphatic rings. The van der Waals surface area contributed by atoms with Crippen LogP contribution in [0, 0.1) is 7.14 Å². The fraction of sp³-hybridized carbons (Fsp3) is 0. The molecule has 2 rings (SSSR count). The van der Waals surface area contributed by atoms with Gasteiger partial charge >= 0.3 is 0 Å². The summed E-state index contributed by atoms with van der Waals surface area (Å²) in [5, 5.41) is 1.95. The first kappa shape index (κ1) is 11.5. The van der Waals surface area contributed by atoms with E-state index >= 15 is 0 Å². The lowest BCUT2D eigenvalue weighted by Gasteiger charge is -1.99. The molecule has 0 bridgehead atoms. The molecular weight excluding hydrogens is 434 g/mol. The smallest absolute Gasteiger partial charge is 0.204 e. The Balaban J connectivity index is 2.37. The van der Waals surface area contributed by atoms with E-state index < -0.39 is 0 Å². The lowest BCUT2D eigenvalue weighted by atomic mass is 10.1. The highest BCUT2D eigenvalue weighted by atomic mass is 127. The highest BCUT2D eigenvalue weighted by Gasteiger charge is 2.13. The molecule has 76 valence electrons. The molecule has 0 amide bonds. The van der Waals surface area contributed by atoms with Gasteiger partial charge in [0.25, 0.3) is 0 Å². The molecule has 0 aliphatic carbocycles. The maximum absolute atomic E-state index is 12.0. The highest BCUT2D eigenvalue weighted by molar-refractivity contribution is 14.1. The number of benzene rings is 1. The Hall–Kier alpha value is 0.0500. The van der Waals surface area contributed by atoms with Crippen molar-refractivity contribution in [1.29, 1.82) is 0 Å².